The van der Waals surface area contributed by atoms with Crippen LogP contribution in [0.1, 0.15) is 0 Å². The number of aromatic nitrogens is 1. The molecule has 0 fully saturated rings. The first kappa shape index (κ1) is 11.0. The first-order valence-corrected chi connectivity index (χ1v) is 4.59. The number of alkyl halides is 2. The number of rotatable bonds is 4. The molecule has 0 atom stereocenters. The Balaban J connectivity index is 2.93. The van der Waals surface area contributed by atoms with Crippen LogP contribution in [0.2, 0.25) is 0 Å². The second-order valence-electron chi connectivity index (χ2n) is 2.24. The zero-order valence-corrected chi connectivity index (χ0v) is 8.48. The number of hydrogen-bond donors (Lipinski definition) is 0. The van der Waals surface area contributed by atoms with Crippen molar-refractivity contribution in [2.24, 2.45) is 0 Å². The number of nitrogens with zero attached hydrogens (tertiary/aromatic N) is 1. The summed E-state index contributed by atoms with van der Waals surface area (Å²) < 4.78 is 33.8. The van der Waals surface area contributed by atoms with Gasteiger partial charge in [0.1, 0.15) is 0 Å². The summed E-state index contributed by atoms with van der Waals surface area (Å²) >= 11 is 0.392. The predicted molar refractivity (Wildman–Crippen MR) is 49.2 cm³/mol. The van der Waals surface area contributed by atoms with Gasteiger partial charge in [0.05, 0.1) is 19.1 Å². The van der Waals surface area contributed by atoms with Gasteiger partial charge in [0.25, 0.3) is 5.76 Å². The summed E-state index contributed by atoms with van der Waals surface area (Å²) in [4.78, 5) is 4.16. The molecule has 78 valence electrons. The third-order valence-electron chi connectivity index (χ3n) is 1.42. The van der Waals surface area contributed by atoms with E-state index in [1.807, 2.05) is 0 Å². The van der Waals surface area contributed by atoms with Crippen LogP contribution in [0.15, 0.2) is 17.0 Å². The van der Waals surface area contributed by atoms with Crippen LogP contribution in [-0.4, -0.2) is 25.0 Å². The fourth-order valence-electron chi connectivity index (χ4n) is 0.856. The van der Waals surface area contributed by atoms with E-state index in [9.17, 15) is 8.78 Å². The lowest BCUT2D eigenvalue weighted by Gasteiger charge is -2.07. The Labute approximate surface area is 84.4 Å². The third-order valence-corrected chi connectivity index (χ3v) is 2.16. The fourth-order valence-corrected chi connectivity index (χ4v) is 1.42. The number of pyridine rings is 1. The van der Waals surface area contributed by atoms with Crippen molar-refractivity contribution in [2.45, 2.75) is 10.7 Å². The molecule has 1 rings (SSSR count). The number of thioether (sulfide) groups is 1. The minimum absolute atomic E-state index is 0.148. The zero-order chi connectivity index (χ0) is 10.6. The van der Waals surface area contributed by atoms with E-state index >= 15 is 0 Å². The molecule has 6 heteroatoms. The molecule has 0 saturated carbocycles. The van der Waals surface area contributed by atoms with E-state index in [-0.39, 0.29) is 5.88 Å². The van der Waals surface area contributed by atoms with Gasteiger partial charge in [-0.2, -0.15) is 13.8 Å². The molecule has 1 heterocycles. The molecule has 0 aliphatic carbocycles. The molecule has 0 aromatic carbocycles. The normalized spacial score (nSPS) is 10.4. The van der Waals surface area contributed by atoms with Crippen LogP contribution in [0.25, 0.3) is 0 Å². The fraction of sp³-hybridized carbons (Fsp3) is 0.375. The number of halogens is 2. The minimum atomic E-state index is -2.49. The monoisotopic (exact) mass is 221 g/mol. The van der Waals surface area contributed by atoms with Gasteiger partial charge in [-0.3, -0.25) is 0 Å². The van der Waals surface area contributed by atoms with E-state index in [0.29, 0.717) is 22.5 Å². The van der Waals surface area contributed by atoms with E-state index in [1.165, 1.54) is 26.4 Å². The van der Waals surface area contributed by atoms with Crippen LogP contribution in [0.3, 0.4) is 0 Å². The maximum Gasteiger partial charge on any atom is 0.289 e. The SMILES string of the molecule is COc1ccc(SC(F)F)c(OC)n1. The molecule has 0 aliphatic heterocycles. The molecule has 0 aliphatic rings. The van der Waals surface area contributed by atoms with Gasteiger partial charge in [-0.25, -0.2) is 0 Å². The molecular formula is C8H9F2NO2S. The van der Waals surface area contributed by atoms with Crippen molar-refractivity contribution < 1.29 is 18.3 Å². The highest BCUT2D eigenvalue weighted by molar-refractivity contribution is 7.99. The standard InChI is InChI=1S/C8H9F2NO2S/c1-12-6-4-3-5(14-8(9)10)7(11-6)13-2/h3-4,8H,1-2H3. The molecule has 3 nitrogen and oxygen atoms in total. The molecule has 1 aromatic rings. The maximum absolute atomic E-state index is 12.1. The quantitative estimate of drug-likeness (QED) is 0.731. The maximum atomic E-state index is 12.1. The van der Waals surface area contributed by atoms with E-state index in [0.717, 1.165) is 0 Å². The Bertz CT molecular complexity index is 309. The van der Waals surface area contributed by atoms with E-state index < -0.39 is 5.76 Å². The van der Waals surface area contributed by atoms with Gasteiger partial charge in [0.15, 0.2) is 0 Å². The smallest absolute Gasteiger partial charge is 0.289 e. The van der Waals surface area contributed by atoms with Gasteiger partial charge in [-0.1, -0.05) is 0 Å². The van der Waals surface area contributed by atoms with Gasteiger partial charge in [0, 0.05) is 6.07 Å². The summed E-state index contributed by atoms with van der Waals surface area (Å²) in [6.07, 6.45) is 0. The van der Waals surface area contributed by atoms with E-state index in [2.05, 4.69) is 4.98 Å². The van der Waals surface area contributed by atoms with Crippen molar-refractivity contribution in [1.82, 2.24) is 4.98 Å². The van der Waals surface area contributed by atoms with Crippen LogP contribution in [-0.2, 0) is 0 Å². The first-order chi connectivity index (χ1) is 6.67. The van der Waals surface area contributed by atoms with Crippen LogP contribution in [0, 0.1) is 0 Å². The van der Waals surface area contributed by atoms with Crippen molar-refractivity contribution in [3.8, 4) is 11.8 Å². The Hall–Kier alpha value is -1.04. The van der Waals surface area contributed by atoms with Gasteiger partial charge in [-0.15, -0.1) is 0 Å². The van der Waals surface area contributed by atoms with Crippen LogP contribution in [0.5, 0.6) is 11.8 Å². The average molecular weight is 221 g/mol. The largest absolute Gasteiger partial charge is 0.481 e. The molecule has 0 bridgehead atoms. The van der Waals surface area contributed by atoms with Crippen molar-refractivity contribution in [1.29, 1.82) is 0 Å². The van der Waals surface area contributed by atoms with Crippen LogP contribution in [0.4, 0.5) is 8.78 Å². The minimum Gasteiger partial charge on any atom is -0.481 e. The zero-order valence-electron chi connectivity index (χ0n) is 7.66. The Morgan fingerprint density at radius 1 is 1.29 bits per heavy atom. The van der Waals surface area contributed by atoms with Gasteiger partial charge in [-0.05, 0) is 17.8 Å². The summed E-state index contributed by atoms with van der Waals surface area (Å²) in [5.41, 5.74) is 0. The number of ether oxygens (including phenoxy) is 2. The highest BCUT2D eigenvalue weighted by atomic mass is 32.2. The molecule has 1 aromatic heterocycles. The van der Waals surface area contributed by atoms with Crippen molar-refractivity contribution in [3.63, 3.8) is 0 Å². The van der Waals surface area contributed by atoms with Crippen molar-refractivity contribution in [3.05, 3.63) is 12.1 Å². The number of methoxy groups -OCH3 is 2. The molecular weight excluding hydrogens is 212 g/mol. The molecule has 0 amide bonds. The molecule has 0 saturated heterocycles. The van der Waals surface area contributed by atoms with Crippen molar-refractivity contribution >= 4 is 11.8 Å². The van der Waals surface area contributed by atoms with E-state index in [4.69, 9.17) is 9.47 Å². The lowest BCUT2D eigenvalue weighted by atomic mass is 10.5. The number of hydrogen-bond acceptors (Lipinski definition) is 4. The highest BCUT2D eigenvalue weighted by Gasteiger charge is 2.12. The highest BCUT2D eigenvalue weighted by Crippen LogP contribution is 2.33. The summed E-state index contributed by atoms with van der Waals surface area (Å²) in [6, 6.07) is 2.99. The second-order valence-corrected chi connectivity index (χ2v) is 3.27. The Morgan fingerprint density at radius 3 is 2.50 bits per heavy atom. The Kier molecular flexibility index (Phi) is 3.94. The van der Waals surface area contributed by atoms with Crippen molar-refractivity contribution in [2.75, 3.05) is 14.2 Å². The topological polar surface area (TPSA) is 31.4 Å². The van der Waals surface area contributed by atoms with Crippen LogP contribution < -0.4 is 9.47 Å². The molecule has 14 heavy (non-hydrogen) atoms. The van der Waals surface area contributed by atoms with E-state index in [1.54, 1.807) is 0 Å². The summed E-state index contributed by atoms with van der Waals surface area (Å²) in [6.45, 7) is 0. The Morgan fingerprint density at radius 2 is 2.00 bits per heavy atom. The molecule has 0 radical (unpaired) electrons. The third kappa shape index (κ3) is 2.73. The molecule has 0 N–H and O–H groups in total. The average Bonchev–Trinajstić information content (AvgIpc) is 2.17. The van der Waals surface area contributed by atoms with Crippen LogP contribution >= 0.6 is 11.8 Å². The van der Waals surface area contributed by atoms with Gasteiger partial charge >= 0.3 is 0 Å². The molecule has 0 unspecified atom stereocenters. The predicted octanol–water partition coefficient (Wildman–Crippen LogP) is 2.41. The lowest BCUT2D eigenvalue weighted by molar-refractivity contribution is 0.251. The summed E-state index contributed by atoms with van der Waals surface area (Å²) in [5, 5.41) is 0. The first-order valence-electron chi connectivity index (χ1n) is 3.71. The summed E-state index contributed by atoms with van der Waals surface area (Å²) in [5.74, 6) is -2.01. The second kappa shape index (κ2) is 4.99. The molecule has 0 spiro atoms. The summed E-state index contributed by atoms with van der Waals surface area (Å²) in [7, 11) is 2.82. The lowest BCUT2D eigenvalue weighted by Crippen LogP contribution is -1.95. The van der Waals surface area contributed by atoms with Gasteiger partial charge in [0.2, 0.25) is 11.8 Å². The van der Waals surface area contributed by atoms with Gasteiger partial charge < -0.3 is 9.47 Å².